The van der Waals surface area contributed by atoms with Gasteiger partial charge in [-0.1, -0.05) is 72.8 Å². The largest absolute Gasteiger partial charge is 0.306 e. The number of para-hydroxylation sites is 4. The molecule has 0 fully saturated rings. The number of hydrogen-bond acceptors (Lipinski definition) is 2. The summed E-state index contributed by atoms with van der Waals surface area (Å²) in [4.78, 5) is 9.64. The summed E-state index contributed by atoms with van der Waals surface area (Å²) in [7, 11) is 0. The highest BCUT2D eigenvalue weighted by Gasteiger charge is 2.15. The Bertz CT molecular complexity index is 1530. The van der Waals surface area contributed by atoms with E-state index in [9.17, 15) is 0 Å². The van der Waals surface area contributed by atoms with Crippen molar-refractivity contribution in [3.8, 4) is 11.6 Å². The molecular weight excluding hydrogens is 392 g/mol. The molecule has 0 unspecified atom stereocenters. The lowest BCUT2D eigenvalue weighted by Gasteiger charge is -2.09. The highest BCUT2D eigenvalue weighted by molar-refractivity contribution is 6.10. The predicted molar refractivity (Wildman–Crippen MR) is 131 cm³/mol. The van der Waals surface area contributed by atoms with Crippen LogP contribution in [0, 0.1) is 0 Å². The number of rotatable bonds is 2. The van der Waals surface area contributed by atoms with Crippen LogP contribution in [-0.2, 0) is 0 Å². The summed E-state index contributed by atoms with van der Waals surface area (Å²) in [6.45, 7) is 0. The Kier molecular flexibility index (Phi) is 3.52. The standard InChI is InChI=1S/C28H18N4/c1-5-13-24-20(9-1)21-10-2-6-14-25(21)31(24)19-17-29-28(30-18-19)32-26-15-7-3-11-22(26)23-12-4-8-16-27(23)32/h1-18H. The fourth-order valence-corrected chi connectivity index (χ4v) is 4.88. The van der Waals surface area contributed by atoms with Crippen molar-refractivity contribution in [2.24, 2.45) is 0 Å². The monoisotopic (exact) mass is 410 g/mol. The van der Waals surface area contributed by atoms with Gasteiger partial charge in [0.25, 0.3) is 0 Å². The van der Waals surface area contributed by atoms with Crippen LogP contribution in [0.25, 0.3) is 55.2 Å². The van der Waals surface area contributed by atoms with Gasteiger partial charge in [-0.25, -0.2) is 9.97 Å². The van der Waals surface area contributed by atoms with Crippen LogP contribution < -0.4 is 0 Å². The smallest absolute Gasteiger partial charge is 0.234 e. The van der Waals surface area contributed by atoms with Crippen LogP contribution in [-0.4, -0.2) is 19.1 Å². The number of nitrogens with zero attached hydrogens (tertiary/aromatic N) is 4. The molecule has 0 amide bonds. The van der Waals surface area contributed by atoms with Crippen LogP contribution in [0.3, 0.4) is 0 Å². The maximum Gasteiger partial charge on any atom is 0.234 e. The molecule has 0 spiro atoms. The number of benzene rings is 4. The van der Waals surface area contributed by atoms with E-state index < -0.39 is 0 Å². The third kappa shape index (κ3) is 2.32. The average Bonchev–Trinajstić information content (AvgIpc) is 3.38. The van der Waals surface area contributed by atoms with E-state index in [1.54, 1.807) is 0 Å². The Hall–Kier alpha value is -4.44. The quantitative estimate of drug-likeness (QED) is 0.319. The van der Waals surface area contributed by atoms with E-state index in [-0.39, 0.29) is 0 Å². The Morgan fingerprint density at radius 3 is 1.16 bits per heavy atom. The maximum absolute atomic E-state index is 4.82. The summed E-state index contributed by atoms with van der Waals surface area (Å²) in [6.07, 6.45) is 3.84. The second-order valence-electron chi connectivity index (χ2n) is 7.98. The molecule has 0 radical (unpaired) electrons. The zero-order valence-corrected chi connectivity index (χ0v) is 17.2. The van der Waals surface area contributed by atoms with Crippen molar-refractivity contribution in [1.82, 2.24) is 19.1 Å². The topological polar surface area (TPSA) is 35.6 Å². The fraction of sp³-hybridized carbons (Fsp3) is 0. The molecule has 0 saturated heterocycles. The first-order chi connectivity index (χ1) is 15.9. The van der Waals surface area contributed by atoms with E-state index in [0.717, 1.165) is 27.8 Å². The molecule has 7 rings (SSSR count). The number of hydrogen-bond donors (Lipinski definition) is 0. The van der Waals surface area contributed by atoms with E-state index >= 15 is 0 Å². The Labute approximate surface area is 184 Å². The van der Waals surface area contributed by atoms with Crippen molar-refractivity contribution in [1.29, 1.82) is 0 Å². The third-order valence-corrected chi connectivity index (χ3v) is 6.24. The molecule has 7 aromatic rings. The van der Waals surface area contributed by atoms with Crippen molar-refractivity contribution in [3.63, 3.8) is 0 Å². The lowest BCUT2D eigenvalue weighted by Crippen LogP contribution is -2.03. The predicted octanol–water partition coefficient (Wildman–Crippen LogP) is 6.67. The average molecular weight is 410 g/mol. The molecule has 150 valence electrons. The molecule has 4 heteroatoms. The van der Waals surface area contributed by atoms with Crippen molar-refractivity contribution >= 4 is 43.6 Å². The summed E-state index contributed by atoms with van der Waals surface area (Å²) < 4.78 is 4.38. The maximum atomic E-state index is 4.82. The van der Waals surface area contributed by atoms with Crippen molar-refractivity contribution in [3.05, 3.63) is 109 Å². The minimum atomic E-state index is 0.673. The number of fused-ring (bicyclic) bond motifs is 6. The van der Waals surface area contributed by atoms with Gasteiger partial charge in [0.05, 0.1) is 40.1 Å². The van der Waals surface area contributed by atoms with E-state index in [0.29, 0.717) is 5.95 Å². The van der Waals surface area contributed by atoms with Gasteiger partial charge in [-0.15, -0.1) is 0 Å². The fourth-order valence-electron chi connectivity index (χ4n) is 4.88. The van der Waals surface area contributed by atoms with Crippen molar-refractivity contribution in [2.45, 2.75) is 0 Å². The van der Waals surface area contributed by atoms with Crippen molar-refractivity contribution in [2.75, 3.05) is 0 Å². The minimum absolute atomic E-state index is 0.673. The SMILES string of the molecule is c1ccc2c(c1)c1ccccc1n2-c1cnc(-n2c3ccccc3c3ccccc32)nc1. The normalized spacial score (nSPS) is 11.8. The zero-order chi connectivity index (χ0) is 21.1. The molecule has 4 aromatic carbocycles. The molecule has 0 aliphatic heterocycles. The first-order valence-electron chi connectivity index (χ1n) is 10.7. The zero-order valence-electron chi connectivity index (χ0n) is 17.2. The van der Waals surface area contributed by atoms with Gasteiger partial charge in [0.1, 0.15) is 0 Å². The second kappa shape index (κ2) is 6.53. The van der Waals surface area contributed by atoms with Gasteiger partial charge in [0.15, 0.2) is 0 Å². The summed E-state index contributed by atoms with van der Waals surface area (Å²) in [5, 5.41) is 4.88. The first kappa shape index (κ1) is 17.3. The van der Waals surface area contributed by atoms with Crippen LogP contribution in [0.4, 0.5) is 0 Å². The van der Waals surface area contributed by atoms with E-state index in [1.807, 2.05) is 12.4 Å². The molecule has 3 aromatic heterocycles. The molecule has 0 atom stereocenters. The van der Waals surface area contributed by atoms with Gasteiger partial charge in [-0.05, 0) is 24.3 Å². The summed E-state index contributed by atoms with van der Waals surface area (Å²) in [5.41, 5.74) is 5.48. The molecule has 0 saturated carbocycles. The third-order valence-electron chi connectivity index (χ3n) is 6.24. The van der Waals surface area contributed by atoms with Gasteiger partial charge < -0.3 is 4.57 Å². The molecule has 0 aliphatic rings. The van der Waals surface area contributed by atoms with Gasteiger partial charge in [-0.2, -0.15) is 0 Å². The van der Waals surface area contributed by atoms with E-state index in [4.69, 9.17) is 9.97 Å². The van der Waals surface area contributed by atoms with Gasteiger partial charge >= 0.3 is 0 Å². The van der Waals surface area contributed by atoms with Crippen LogP contribution >= 0.6 is 0 Å². The van der Waals surface area contributed by atoms with Crippen LogP contribution in [0.2, 0.25) is 0 Å². The Morgan fingerprint density at radius 2 is 0.750 bits per heavy atom. The first-order valence-corrected chi connectivity index (χ1v) is 10.7. The lowest BCUT2D eigenvalue weighted by atomic mass is 10.2. The van der Waals surface area contributed by atoms with E-state index in [2.05, 4.69) is 106 Å². The molecule has 32 heavy (non-hydrogen) atoms. The Balaban J connectivity index is 1.47. The Morgan fingerprint density at radius 1 is 0.406 bits per heavy atom. The highest BCUT2D eigenvalue weighted by atomic mass is 15.2. The number of aromatic nitrogens is 4. The summed E-state index contributed by atoms with van der Waals surface area (Å²) in [5.74, 6) is 0.673. The minimum Gasteiger partial charge on any atom is -0.306 e. The molecular formula is C28H18N4. The van der Waals surface area contributed by atoms with Gasteiger partial charge in [0.2, 0.25) is 5.95 Å². The molecule has 0 bridgehead atoms. The summed E-state index contributed by atoms with van der Waals surface area (Å²) in [6, 6.07) is 33.8. The van der Waals surface area contributed by atoms with Crippen LogP contribution in [0.1, 0.15) is 0 Å². The van der Waals surface area contributed by atoms with Gasteiger partial charge in [-0.3, -0.25) is 4.57 Å². The van der Waals surface area contributed by atoms with Gasteiger partial charge in [0, 0.05) is 21.5 Å². The molecule has 0 N–H and O–H groups in total. The second-order valence-corrected chi connectivity index (χ2v) is 7.98. The van der Waals surface area contributed by atoms with Crippen LogP contribution in [0.15, 0.2) is 109 Å². The molecule has 0 aliphatic carbocycles. The van der Waals surface area contributed by atoms with Crippen molar-refractivity contribution < 1.29 is 0 Å². The summed E-state index contributed by atoms with van der Waals surface area (Å²) >= 11 is 0. The highest BCUT2D eigenvalue weighted by Crippen LogP contribution is 2.33. The van der Waals surface area contributed by atoms with E-state index in [1.165, 1.54) is 21.5 Å². The molecule has 4 nitrogen and oxygen atoms in total. The van der Waals surface area contributed by atoms with Crippen LogP contribution in [0.5, 0.6) is 0 Å². The lowest BCUT2D eigenvalue weighted by molar-refractivity contribution is 0.968. The molecule has 3 heterocycles.